The van der Waals surface area contributed by atoms with Crippen LogP contribution in [0.4, 0.5) is 0 Å². The van der Waals surface area contributed by atoms with Crippen molar-refractivity contribution in [2.45, 2.75) is 38.7 Å². The van der Waals surface area contributed by atoms with Gasteiger partial charge >= 0.3 is 5.97 Å². The lowest BCUT2D eigenvalue weighted by atomic mass is 9.93. The zero-order chi connectivity index (χ0) is 11.2. The molecule has 0 aromatic carbocycles. The average molecular weight is 203 g/mol. The van der Waals surface area contributed by atoms with Gasteiger partial charge < -0.3 is 15.6 Å². The molecule has 0 aromatic rings. The maximum absolute atomic E-state index is 10.8. The van der Waals surface area contributed by atoms with E-state index < -0.39 is 5.97 Å². The summed E-state index contributed by atoms with van der Waals surface area (Å²) in [6, 6.07) is 0. The Morgan fingerprint density at radius 1 is 1.50 bits per heavy atom. The van der Waals surface area contributed by atoms with Crippen molar-refractivity contribution in [3.05, 3.63) is 0 Å². The van der Waals surface area contributed by atoms with E-state index in [1.165, 1.54) is 0 Å². The third-order valence-electron chi connectivity index (χ3n) is 2.51. The minimum Gasteiger partial charge on any atom is -0.481 e. The van der Waals surface area contributed by atoms with E-state index >= 15 is 0 Å². The summed E-state index contributed by atoms with van der Waals surface area (Å²) in [5.41, 5.74) is 5.10. The first kappa shape index (κ1) is 13.4. The number of rotatable bonds is 7. The van der Waals surface area contributed by atoms with E-state index in [0.717, 1.165) is 6.42 Å². The summed E-state index contributed by atoms with van der Waals surface area (Å²) < 4.78 is 5.22. The van der Waals surface area contributed by atoms with Gasteiger partial charge in [-0.1, -0.05) is 0 Å². The second kappa shape index (κ2) is 5.98. The number of hydrogen-bond acceptors (Lipinski definition) is 3. The molecule has 1 unspecified atom stereocenters. The normalized spacial score (nSPS) is 14.0. The van der Waals surface area contributed by atoms with Crippen molar-refractivity contribution in [3.8, 4) is 0 Å². The van der Waals surface area contributed by atoms with E-state index in [-0.39, 0.29) is 11.5 Å². The molecule has 0 rings (SSSR count). The third-order valence-corrected chi connectivity index (χ3v) is 2.51. The summed E-state index contributed by atoms with van der Waals surface area (Å²) in [5.74, 6) is -1.10. The zero-order valence-electron chi connectivity index (χ0n) is 9.25. The predicted molar refractivity (Wildman–Crippen MR) is 55.1 cm³/mol. The van der Waals surface area contributed by atoms with Gasteiger partial charge in [-0.15, -0.1) is 0 Å². The van der Waals surface area contributed by atoms with Crippen LogP contribution < -0.4 is 5.73 Å². The second-order valence-corrected chi connectivity index (χ2v) is 4.12. The second-order valence-electron chi connectivity index (χ2n) is 4.12. The lowest BCUT2D eigenvalue weighted by molar-refractivity contribution is -0.142. The van der Waals surface area contributed by atoms with Gasteiger partial charge in [0.1, 0.15) is 0 Å². The monoisotopic (exact) mass is 203 g/mol. The Morgan fingerprint density at radius 2 is 2.07 bits per heavy atom. The molecule has 0 bridgehead atoms. The van der Waals surface area contributed by atoms with Crippen molar-refractivity contribution in [2.24, 2.45) is 11.7 Å². The fraction of sp³-hybridized carbons (Fsp3) is 0.900. The van der Waals surface area contributed by atoms with E-state index in [9.17, 15) is 4.79 Å². The molecular formula is C10H21NO3. The standard InChI is InChI=1S/C10H21NO3/c1-10(2,14-3)6-4-8(5-7-11)9(12)13/h8H,4-7,11H2,1-3H3,(H,12,13). The van der Waals surface area contributed by atoms with Crippen molar-refractivity contribution in [2.75, 3.05) is 13.7 Å². The highest BCUT2D eigenvalue weighted by Crippen LogP contribution is 2.20. The highest BCUT2D eigenvalue weighted by Gasteiger charge is 2.22. The lowest BCUT2D eigenvalue weighted by Crippen LogP contribution is -2.26. The molecule has 0 saturated carbocycles. The van der Waals surface area contributed by atoms with Crippen LogP contribution in [-0.4, -0.2) is 30.3 Å². The van der Waals surface area contributed by atoms with Crippen LogP contribution in [0.25, 0.3) is 0 Å². The quantitative estimate of drug-likeness (QED) is 0.653. The fourth-order valence-corrected chi connectivity index (χ4v) is 1.22. The van der Waals surface area contributed by atoms with E-state index in [2.05, 4.69) is 0 Å². The minimum absolute atomic E-state index is 0.248. The van der Waals surface area contributed by atoms with Gasteiger partial charge in [0.2, 0.25) is 0 Å². The van der Waals surface area contributed by atoms with Crippen LogP contribution in [0.15, 0.2) is 0 Å². The zero-order valence-corrected chi connectivity index (χ0v) is 9.25. The topological polar surface area (TPSA) is 72.5 Å². The van der Waals surface area contributed by atoms with E-state index in [4.69, 9.17) is 15.6 Å². The van der Waals surface area contributed by atoms with Crippen LogP contribution in [0.1, 0.15) is 33.1 Å². The summed E-state index contributed by atoms with van der Waals surface area (Å²) in [7, 11) is 1.64. The van der Waals surface area contributed by atoms with Crippen molar-refractivity contribution in [1.82, 2.24) is 0 Å². The van der Waals surface area contributed by atoms with Crippen LogP contribution in [0, 0.1) is 5.92 Å². The number of nitrogens with two attached hydrogens (primary N) is 1. The Hall–Kier alpha value is -0.610. The summed E-state index contributed by atoms with van der Waals surface area (Å²) >= 11 is 0. The highest BCUT2D eigenvalue weighted by atomic mass is 16.5. The first-order valence-electron chi connectivity index (χ1n) is 4.91. The van der Waals surface area contributed by atoms with Crippen LogP contribution in [0.2, 0.25) is 0 Å². The van der Waals surface area contributed by atoms with E-state index in [1.807, 2.05) is 13.8 Å². The first-order valence-corrected chi connectivity index (χ1v) is 4.91. The van der Waals surface area contributed by atoms with Crippen LogP contribution >= 0.6 is 0 Å². The molecular weight excluding hydrogens is 182 g/mol. The molecule has 0 aliphatic carbocycles. The minimum atomic E-state index is -0.762. The van der Waals surface area contributed by atoms with Crippen LogP contribution in [0.3, 0.4) is 0 Å². The summed E-state index contributed by atoms with van der Waals surface area (Å²) in [6.45, 7) is 4.33. The number of aliphatic carboxylic acids is 1. The fourth-order valence-electron chi connectivity index (χ4n) is 1.22. The smallest absolute Gasteiger partial charge is 0.306 e. The van der Waals surface area contributed by atoms with Gasteiger partial charge in [0.15, 0.2) is 0 Å². The number of hydrogen-bond donors (Lipinski definition) is 2. The molecule has 14 heavy (non-hydrogen) atoms. The number of methoxy groups -OCH3 is 1. The molecule has 0 spiro atoms. The number of ether oxygens (including phenoxy) is 1. The summed E-state index contributed by atoms with van der Waals surface area (Å²) in [5, 5.41) is 8.88. The van der Waals surface area contributed by atoms with Gasteiger partial charge in [-0.25, -0.2) is 0 Å². The molecule has 0 radical (unpaired) electrons. The van der Waals surface area contributed by atoms with Gasteiger partial charge in [-0.05, 0) is 39.7 Å². The molecule has 0 aromatic heterocycles. The third kappa shape index (κ3) is 5.19. The van der Waals surface area contributed by atoms with Crippen molar-refractivity contribution >= 4 is 5.97 Å². The number of carboxylic acids is 1. The van der Waals surface area contributed by atoms with Crippen LogP contribution in [0.5, 0.6) is 0 Å². The molecule has 4 nitrogen and oxygen atoms in total. The largest absolute Gasteiger partial charge is 0.481 e. The molecule has 0 amide bonds. The Kier molecular flexibility index (Phi) is 5.72. The van der Waals surface area contributed by atoms with Gasteiger partial charge in [0.25, 0.3) is 0 Å². The van der Waals surface area contributed by atoms with Gasteiger partial charge in [0, 0.05) is 7.11 Å². The molecule has 0 aliphatic heterocycles. The molecule has 0 saturated heterocycles. The Balaban J connectivity index is 3.99. The number of carbonyl (C=O) groups is 1. The van der Waals surface area contributed by atoms with Gasteiger partial charge in [-0.2, -0.15) is 0 Å². The molecule has 3 N–H and O–H groups in total. The summed E-state index contributed by atoms with van der Waals surface area (Å²) in [4.78, 5) is 10.8. The average Bonchev–Trinajstić information content (AvgIpc) is 2.12. The molecule has 0 aliphatic rings. The van der Waals surface area contributed by atoms with E-state index in [0.29, 0.717) is 19.4 Å². The molecule has 4 heteroatoms. The lowest BCUT2D eigenvalue weighted by Gasteiger charge is -2.24. The Morgan fingerprint density at radius 3 is 2.43 bits per heavy atom. The van der Waals surface area contributed by atoms with Gasteiger partial charge in [0.05, 0.1) is 11.5 Å². The summed E-state index contributed by atoms with van der Waals surface area (Å²) in [6.07, 6.45) is 1.89. The SMILES string of the molecule is COC(C)(C)CCC(CCN)C(=O)O. The molecule has 84 valence electrons. The van der Waals surface area contributed by atoms with Crippen molar-refractivity contribution in [1.29, 1.82) is 0 Å². The Labute approximate surface area is 85.4 Å². The van der Waals surface area contributed by atoms with E-state index in [1.54, 1.807) is 7.11 Å². The van der Waals surface area contributed by atoms with Crippen LogP contribution in [-0.2, 0) is 9.53 Å². The Bertz CT molecular complexity index is 180. The van der Waals surface area contributed by atoms with Gasteiger partial charge in [-0.3, -0.25) is 4.79 Å². The predicted octanol–water partition coefficient (Wildman–Crippen LogP) is 1.24. The van der Waals surface area contributed by atoms with Crippen molar-refractivity contribution < 1.29 is 14.6 Å². The highest BCUT2D eigenvalue weighted by molar-refractivity contribution is 5.69. The molecule has 1 atom stereocenters. The first-order chi connectivity index (χ1) is 6.43. The maximum Gasteiger partial charge on any atom is 0.306 e. The van der Waals surface area contributed by atoms with Crippen molar-refractivity contribution in [3.63, 3.8) is 0 Å². The maximum atomic E-state index is 10.8. The number of carboxylic acid groups (broad SMARTS) is 1. The molecule has 0 heterocycles. The molecule has 0 fully saturated rings.